The van der Waals surface area contributed by atoms with Crippen LogP contribution in [0.4, 0.5) is 10.5 Å². The van der Waals surface area contributed by atoms with E-state index in [1.165, 1.54) is 4.90 Å². The minimum Gasteiger partial charge on any atom is -0.324 e. The van der Waals surface area contributed by atoms with Crippen LogP contribution in [0.15, 0.2) is 54.6 Å². The molecule has 33 heavy (non-hydrogen) atoms. The summed E-state index contributed by atoms with van der Waals surface area (Å²) in [5.41, 5.74) is 2.72. The van der Waals surface area contributed by atoms with Crippen LogP contribution in [0.25, 0.3) is 0 Å². The number of hydrogen-bond acceptors (Lipinski definition) is 5. The van der Waals surface area contributed by atoms with E-state index >= 15 is 0 Å². The first-order valence-corrected chi connectivity index (χ1v) is 10.8. The fraction of sp³-hybridized carbons (Fsp3) is 0.304. The number of carbonyl (C=O) groups is 4. The van der Waals surface area contributed by atoms with Gasteiger partial charge in [-0.05, 0) is 44.5 Å². The normalized spacial score (nSPS) is 17.8. The van der Waals surface area contributed by atoms with Crippen LogP contribution in [-0.2, 0) is 20.8 Å². The molecule has 2 aromatic carbocycles. The van der Waals surface area contributed by atoms with Crippen molar-refractivity contribution in [3.05, 3.63) is 65.2 Å². The van der Waals surface area contributed by atoms with E-state index in [0.717, 1.165) is 5.56 Å². The van der Waals surface area contributed by atoms with Crippen LogP contribution in [0.5, 0.6) is 0 Å². The van der Waals surface area contributed by atoms with Crippen molar-refractivity contribution in [1.82, 2.24) is 20.7 Å². The molecule has 0 aliphatic carbocycles. The Kier molecular flexibility index (Phi) is 7.67. The van der Waals surface area contributed by atoms with Gasteiger partial charge in [-0.3, -0.25) is 24.7 Å². The number of likely N-dealkylation sites (N-methyl/N-ethyl adjacent to an activating group) is 1. The number of nitrogens with zero attached hydrogens (tertiary/aromatic N) is 2. The lowest BCUT2D eigenvalue weighted by Gasteiger charge is -2.22. The Hall–Kier alpha value is -3.43. The maximum atomic E-state index is 12.8. The van der Waals surface area contributed by atoms with E-state index in [1.807, 2.05) is 30.3 Å². The molecular weight excluding hydrogens is 446 g/mol. The SMILES string of the molecule is CN(CC(=O)Nc1ccccc1Cl)CC(=O)NN1C(=O)NC(C)(CCc2ccccc2)C1=O. The first kappa shape index (κ1) is 24.2. The molecule has 5 amide bonds. The molecule has 10 heteroatoms. The van der Waals surface area contributed by atoms with Gasteiger partial charge in [0, 0.05) is 0 Å². The van der Waals surface area contributed by atoms with E-state index in [9.17, 15) is 19.2 Å². The highest BCUT2D eigenvalue weighted by molar-refractivity contribution is 6.33. The number of amides is 5. The molecule has 3 N–H and O–H groups in total. The van der Waals surface area contributed by atoms with Gasteiger partial charge in [-0.2, -0.15) is 5.01 Å². The number of aryl methyl sites for hydroxylation is 1. The number of anilines is 1. The van der Waals surface area contributed by atoms with E-state index < -0.39 is 23.4 Å². The second kappa shape index (κ2) is 10.5. The van der Waals surface area contributed by atoms with Crippen LogP contribution >= 0.6 is 11.6 Å². The molecular formula is C23H26ClN5O4. The van der Waals surface area contributed by atoms with Crippen molar-refractivity contribution in [2.75, 3.05) is 25.5 Å². The van der Waals surface area contributed by atoms with Gasteiger partial charge in [-0.25, -0.2) is 4.79 Å². The summed E-state index contributed by atoms with van der Waals surface area (Å²) < 4.78 is 0. The van der Waals surface area contributed by atoms with Gasteiger partial charge >= 0.3 is 6.03 Å². The molecule has 0 saturated carbocycles. The summed E-state index contributed by atoms with van der Waals surface area (Å²) in [6, 6.07) is 15.7. The summed E-state index contributed by atoms with van der Waals surface area (Å²) in [5, 5.41) is 6.43. The molecule has 2 aromatic rings. The third kappa shape index (κ3) is 6.30. The summed E-state index contributed by atoms with van der Waals surface area (Å²) in [6.45, 7) is 1.34. The average molecular weight is 472 g/mol. The van der Waals surface area contributed by atoms with Gasteiger partial charge in [0.05, 0.1) is 23.8 Å². The van der Waals surface area contributed by atoms with Gasteiger partial charge < -0.3 is 10.6 Å². The van der Waals surface area contributed by atoms with E-state index in [1.54, 1.807) is 38.2 Å². The Bertz CT molecular complexity index is 1050. The number of urea groups is 1. The van der Waals surface area contributed by atoms with Crippen LogP contribution in [-0.4, -0.2) is 59.3 Å². The first-order chi connectivity index (χ1) is 15.7. The molecule has 0 spiro atoms. The first-order valence-electron chi connectivity index (χ1n) is 10.4. The van der Waals surface area contributed by atoms with Gasteiger partial charge in [-0.15, -0.1) is 0 Å². The highest BCUT2D eigenvalue weighted by atomic mass is 35.5. The third-order valence-corrected chi connectivity index (χ3v) is 5.56. The topological polar surface area (TPSA) is 111 Å². The highest BCUT2D eigenvalue weighted by Gasteiger charge is 2.48. The van der Waals surface area contributed by atoms with Crippen molar-refractivity contribution in [3.8, 4) is 0 Å². The zero-order valence-electron chi connectivity index (χ0n) is 18.4. The van der Waals surface area contributed by atoms with Crippen LogP contribution in [0.2, 0.25) is 5.02 Å². The van der Waals surface area contributed by atoms with Crippen molar-refractivity contribution in [2.24, 2.45) is 0 Å². The molecule has 1 atom stereocenters. The van der Waals surface area contributed by atoms with Crippen molar-refractivity contribution >= 4 is 41.0 Å². The summed E-state index contributed by atoms with van der Waals surface area (Å²) in [6.07, 6.45) is 0.977. The van der Waals surface area contributed by atoms with E-state index in [2.05, 4.69) is 16.1 Å². The van der Waals surface area contributed by atoms with Gasteiger partial charge in [0.25, 0.3) is 11.8 Å². The standard InChI is InChI=1S/C23H26ClN5O4/c1-23(13-12-16-8-4-3-5-9-16)21(32)29(22(33)26-23)27-20(31)15-28(2)14-19(30)25-18-11-7-6-10-17(18)24/h3-11H,12-15H2,1-2H3,(H,25,30)(H,26,33)(H,27,31). The molecule has 1 aliphatic rings. The fourth-order valence-corrected chi connectivity index (χ4v) is 3.64. The van der Waals surface area contributed by atoms with Crippen molar-refractivity contribution < 1.29 is 19.2 Å². The fourth-order valence-electron chi connectivity index (χ4n) is 3.45. The van der Waals surface area contributed by atoms with Crippen molar-refractivity contribution in [2.45, 2.75) is 25.3 Å². The number of imide groups is 1. The predicted octanol–water partition coefficient (Wildman–Crippen LogP) is 2.18. The number of para-hydroxylation sites is 1. The molecule has 0 aromatic heterocycles. The number of carbonyl (C=O) groups excluding carboxylic acids is 4. The predicted molar refractivity (Wildman–Crippen MR) is 124 cm³/mol. The van der Waals surface area contributed by atoms with E-state index in [0.29, 0.717) is 28.6 Å². The minimum absolute atomic E-state index is 0.0897. The molecule has 0 bridgehead atoms. The number of rotatable bonds is 9. The largest absolute Gasteiger partial charge is 0.344 e. The molecule has 1 aliphatic heterocycles. The Labute approximate surface area is 197 Å². The molecule has 174 valence electrons. The lowest BCUT2D eigenvalue weighted by atomic mass is 9.93. The second-order valence-electron chi connectivity index (χ2n) is 8.12. The summed E-state index contributed by atoms with van der Waals surface area (Å²) >= 11 is 6.02. The molecule has 1 unspecified atom stereocenters. The Morgan fingerprint density at radius 2 is 1.67 bits per heavy atom. The molecule has 0 radical (unpaired) electrons. The summed E-state index contributed by atoms with van der Waals surface area (Å²) in [4.78, 5) is 51.2. The van der Waals surface area contributed by atoms with Gasteiger partial charge in [0.1, 0.15) is 5.54 Å². The minimum atomic E-state index is -1.12. The molecule has 9 nitrogen and oxygen atoms in total. The quantitative estimate of drug-likeness (QED) is 0.485. The number of nitrogens with one attached hydrogen (secondary N) is 3. The zero-order valence-corrected chi connectivity index (χ0v) is 19.2. The third-order valence-electron chi connectivity index (χ3n) is 5.23. The maximum Gasteiger partial charge on any atom is 0.344 e. The maximum absolute atomic E-state index is 12.8. The lowest BCUT2D eigenvalue weighted by molar-refractivity contribution is -0.139. The average Bonchev–Trinajstić information content (AvgIpc) is 2.98. The summed E-state index contributed by atoms with van der Waals surface area (Å²) in [5.74, 6) is -1.49. The highest BCUT2D eigenvalue weighted by Crippen LogP contribution is 2.22. The van der Waals surface area contributed by atoms with Crippen LogP contribution < -0.4 is 16.1 Å². The monoisotopic (exact) mass is 471 g/mol. The second-order valence-corrected chi connectivity index (χ2v) is 8.53. The van der Waals surface area contributed by atoms with Crippen molar-refractivity contribution in [3.63, 3.8) is 0 Å². The van der Waals surface area contributed by atoms with E-state index in [4.69, 9.17) is 11.6 Å². The van der Waals surface area contributed by atoms with Gasteiger partial charge in [0.15, 0.2) is 0 Å². The number of benzene rings is 2. The van der Waals surface area contributed by atoms with Crippen LogP contribution in [0.3, 0.4) is 0 Å². The van der Waals surface area contributed by atoms with E-state index in [-0.39, 0.29) is 19.0 Å². The number of hydrazine groups is 1. The van der Waals surface area contributed by atoms with Gasteiger partial charge in [-0.1, -0.05) is 54.1 Å². The number of halogens is 1. The Morgan fingerprint density at radius 1 is 1.03 bits per heavy atom. The smallest absolute Gasteiger partial charge is 0.324 e. The summed E-state index contributed by atoms with van der Waals surface area (Å²) in [7, 11) is 1.57. The Morgan fingerprint density at radius 3 is 2.36 bits per heavy atom. The van der Waals surface area contributed by atoms with Gasteiger partial charge in [0.2, 0.25) is 5.91 Å². The molecule has 3 rings (SSSR count). The number of hydrogen-bond donors (Lipinski definition) is 3. The lowest BCUT2D eigenvalue weighted by Crippen LogP contribution is -2.51. The molecule has 1 fully saturated rings. The Balaban J connectivity index is 1.49. The molecule has 1 saturated heterocycles. The zero-order chi connectivity index (χ0) is 24.0. The van der Waals surface area contributed by atoms with Crippen molar-refractivity contribution in [1.29, 1.82) is 0 Å². The molecule has 1 heterocycles. The van der Waals surface area contributed by atoms with Crippen LogP contribution in [0.1, 0.15) is 18.9 Å². The van der Waals surface area contributed by atoms with Crippen LogP contribution in [0, 0.1) is 0 Å².